The molecule has 27 heavy (non-hydrogen) atoms. The molecule has 1 heterocycles. The second-order valence-electron chi connectivity index (χ2n) is 5.94. The number of thiocarbonyl (C=S) groups is 1. The predicted molar refractivity (Wildman–Crippen MR) is 110 cm³/mol. The molecule has 0 spiro atoms. The van der Waals surface area contributed by atoms with Crippen LogP contribution in [0, 0.1) is 17.0 Å². The number of ether oxygens (including phenoxy) is 1. The van der Waals surface area contributed by atoms with Gasteiger partial charge in [-0.1, -0.05) is 48.2 Å². The summed E-state index contributed by atoms with van der Waals surface area (Å²) < 4.78 is 6.35. The Balaban J connectivity index is 1.94. The second-order valence-corrected chi connectivity index (χ2v) is 7.61. The van der Waals surface area contributed by atoms with Gasteiger partial charge in [-0.25, -0.2) is 0 Å². The van der Waals surface area contributed by atoms with Crippen molar-refractivity contribution in [3.63, 3.8) is 0 Å². The van der Waals surface area contributed by atoms with Crippen LogP contribution in [0.5, 0.6) is 5.75 Å². The fraction of sp³-hybridized carbons (Fsp3) is 0.158. The number of carbonyl (C=O) groups is 1. The molecule has 0 unspecified atom stereocenters. The molecular formula is C19H16N2O4S2. The monoisotopic (exact) mass is 400 g/mol. The van der Waals surface area contributed by atoms with Crippen molar-refractivity contribution < 1.29 is 14.5 Å². The lowest BCUT2D eigenvalue weighted by Gasteiger charge is -2.11. The number of aryl methyl sites for hydroxylation is 1. The normalized spacial score (nSPS) is 15.5. The van der Waals surface area contributed by atoms with Crippen LogP contribution >= 0.6 is 24.0 Å². The highest BCUT2D eigenvalue weighted by Crippen LogP contribution is 2.34. The van der Waals surface area contributed by atoms with Crippen molar-refractivity contribution in [2.45, 2.75) is 13.5 Å². The number of amides is 1. The van der Waals surface area contributed by atoms with Gasteiger partial charge in [0.1, 0.15) is 16.7 Å². The van der Waals surface area contributed by atoms with Gasteiger partial charge in [-0.15, -0.1) is 0 Å². The predicted octanol–water partition coefficient (Wildman–Crippen LogP) is 4.31. The molecule has 0 bridgehead atoms. The zero-order chi connectivity index (χ0) is 19.6. The van der Waals surface area contributed by atoms with E-state index >= 15 is 0 Å². The third-order valence-electron chi connectivity index (χ3n) is 4.12. The number of nitro groups is 1. The molecule has 1 aliphatic rings. The molecule has 2 aromatic rings. The summed E-state index contributed by atoms with van der Waals surface area (Å²) in [6.45, 7) is 2.31. The average Bonchev–Trinajstić information content (AvgIpc) is 2.88. The molecule has 8 heteroatoms. The lowest BCUT2D eigenvalue weighted by molar-refractivity contribution is -0.384. The minimum atomic E-state index is -0.479. The quantitative estimate of drug-likeness (QED) is 0.322. The summed E-state index contributed by atoms with van der Waals surface area (Å²) in [7, 11) is 1.60. The molecule has 0 radical (unpaired) electrons. The Labute approximate surface area is 166 Å². The van der Waals surface area contributed by atoms with Crippen LogP contribution in [0.4, 0.5) is 5.69 Å². The van der Waals surface area contributed by atoms with Crippen molar-refractivity contribution in [2.24, 2.45) is 0 Å². The highest BCUT2D eigenvalue weighted by molar-refractivity contribution is 8.26. The van der Waals surface area contributed by atoms with E-state index < -0.39 is 4.92 Å². The Morgan fingerprint density at radius 3 is 2.67 bits per heavy atom. The van der Waals surface area contributed by atoms with Gasteiger partial charge in [0.25, 0.3) is 11.6 Å². The molecule has 1 saturated heterocycles. The molecule has 2 aromatic carbocycles. The van der Waals surface area contributed by atoms with Gasteiger partial charge < -0.3 is 4.74 Å². The molecule has 3 rings (SSSR count). The number of rotatable bonds is 5. The average molecular weight is 400 g/mol. The number of hydrogen-bond acceptors (Lipinski definition) is 6. The van der Waals surface area contributed by atoms with Gasteiger partial charge >= 0.3 is 0 Å². The Bertz CT molecular complexity index is 972. The van der Waals surface area contributed by atoms with Crippen LogP contribution in [0.15, 0.2) is 47.4 Å². The summed E-state index contributed by atoms with van der Waals surface area (Å²) in [5.74, 6) is 0.228. The van der Waals surface area contributed by atoms with E-state index in [1.807, 2.05) is 31.2 Å². The molecule has 1 fully saturated rings. The number of carbonyl (C=O) groups excluding carboxylic acids is 1. The molecule has 0 atom stereocenters. The van der Waals surface area contributed by atoms with Crippen molar-refractivity contribution in [2.75, 3.05) is 7.05 Å². The van der Waals surface area contributed by atoms with Gasteiger partial charge in [0, 0.05) is 24.7 Å². The van der Waals surface area contributed by atoms with Crippen LogP contribution in [-0.4, -0.2) is 27.1 Å². The molecule has 6 nitrogen and oxygen atoms in total. The second kappa shape index (κ2) is 7.89. The maximum Gasteiger partial charge on any atom is 0.270 e. The van der Waals surface area contributed by atoms with Gasteiger partial charge in [-0.2, -0.15) is 0 Å². The molecule has 0 aromatic heterocycles. The molecule has 1 amide bonds. The van der Waals surface area contributed by atoms with Crippen LogP contribution in [0.2, 0.25) is 0 Å². The lowest BCUT2D eigenvalue weighted by Crippen LogP contribution is -2.22. The van der Waals surface area contributed by atoms with E-state index in [0.717, 1.165) is 22.9 Å². The minimum Gasteiger partial charge on any atom is -0.488 e. The smallest absolute Gasteiger partial charge is 0.270 e. The van der Waals surface area contributed by atoms with Crippen LogP contribution in [-0.2, 0) is 11.4 Å². The first kappa shape index (κ1) is 19.1. The van der Waals surface area contributed by atoms with Gasteiger partial charge in [-0.3, -0.25) is 19.8 Å². The number of benzene rings is 2. The fourth-order valence-corrected chi connectivity index (χ4v) is 3.68. The SMILES string of the molecule is Cc1ccccc1COc1ccc([N+](=O)[O-])cc1C=C1SC(=S)N(C)C1=O. The van der Waals surface area contributed by atoms with Gasteiger partial charge in [0.2, 0.25) is 0 Å². The van der Waals surface area contributed by atoms with E-state index in [-0.39, 0.29) is 11.6 Å². The summed E-state index contributed by atoms with van der Waals surface area (Å²) >= 11 is 6.29. The fourth-order valence-electron chi connectivity index (χ4n) is 2.51. The van der Waals surface area contributed by atoms with E-state index in [1.54, 1.807) is 19.2 Å². The van der Waals surface area contributed by atoms with E-state index in [0.29, 0.717) is 27.1 Å². The molecule has 0 saturated carbocycles. The van der Waals surface area contributed by atoms with E-state index in [1.165, 1.54) is 17.0 Å². The number of non-ortho nitro benzene ring substituents is 1. The zero-order valence-corrected chi connectivity index (χ0v) is 16.3. The van der Waals surface area contributed by atoms with Gasteiger partial charge in [-0.05, 0) is 30.2 Å². The molecule has 0 N–H and O–H groups in total. The highest BCUT2D eigenvalue weighted by Gasteiger charge is 2.29. The number of nitrogens with zero attached hydrogens (tertiary/aromatic N) is 2. The van der Waals surface area contributed by atoms with Crippen molar-refractivity contribution in [1.29, 1.82) is 0 Å². The Morgan fingerprint density at radius 1 is 1.30 bits per heavy atom. The van der Waals surface area contributed by atoms with Crippen LogP contribution in [0.25, 0.3) is 6.08 Å². The minimum absolute atomic E-state index is 0.0727. The molecule has 0 aliphatic carbocycles. The summed E-state index contributed by atoms with van der Waals surface area (Å²) in [6.07, 6.45) is 1.59. The summed E-state index contributed by atoms with van der Waals surface area (Å²) in [5, 5.41) is 11.1. The van der Waals surface area contributed by atoms with Crippen molar-refractivity contribution in [3.05, 3.63) is 74.2 Å². The third-order valence-corrected chi connectivity index (χ3v) is 5.61. The van der Waals surface area contributed by atoms with Crippen molar-refractivity contribution >= 4 is 46.0 Å². The van der Waals surface area contributed by atoms with Crippen LogP contribution < -0.4 is 4.74 Å². The first-order valence-electron chi connectivity index (χ1n) is 8.04. The number of hydrogen-bond donors (Lipinski definition) is 0. The molecule has 138 valence electrons. The van der Waals surface area contributed by atoms with Crippen molar-refractivity contribution in [3.8, 4) is 5.75 Å². The standard InChI is InChI=1S/C19H16N2O4S2/c1-12-5-3-4-6-13(12)11-25-16-8-7-15(21(23)24)9-14(16)10-17-18(22)20(2)19(26)27-17/h3-10H,11H2,1-2H3. The van der Waals surface area contributed by atoms with E-state index in [9.17, 15) is 14.9 Å². The number of nitro benzene ring substituents is 1. The molecule has 1 aliphatic heterocycles. The Kier molecular flexibility index (Phi) is 5.57. The maximum absolute atomic E-state index is 12.2. The largest absolute Gasteiger partial charge is 0.488 e. The van der Waals surface area contributed by atoms with Crippen LogP contribution in [0.1, 0.15) is 16.7 Å². The maximum atomic E-state index is 12.2. The first-order valence-corrected chi connectivity index (χ1v) is 9.26. The Morgan fingerprint density at radius 2 is 2.04 bits per heavy atom. The summed E-state index contributed by atoms with van der Waals surface area (Å²) in [4.78, 5) is 24.7. The van der Waals surface area contributed by atoms with Gasteiger partial charge in [0.05, 0.1) is 9.83 Å². The number of thioether (sulfide) groups is 1. The molecular weight excluding hydrogens is 384 g/mol. The van der Waals surface area contributed by atoms with E-state index in [2.05, 4.69) is 0 Å². The van der Waals surface area contributed by atoms with E-state index in [4.69, 9.17) is 17.0 Å². The number of likely N-dealkylation sites (N-methyl/N-ethyl adjacent to an activating group) is 1. The lowest BCUT2D eigenvalue weighted by atomic mass is 10.1. The van der Waals surface area contributed by atoms with Crippen molar-refractivity contribution in [1.82, 2.24) is 4.90 Å². The summed E-state index contributed by atoms with van der Waals surface area (Å²) in [6, 6.07) is 12.2. The highest BCUT2D eigenvalue weighted by atomic mass is 32.2. The Hall–Kier alpha value is -2.71. The summed E-state index contributed by atoms with van der Waals surface area (Å²) in [5.41, 5.74) is 2.50. The topological polar surface area (TPSA) is 72.7 Å². The zero-order valence-electron chi connectivity index (χ0n) is 14.7. The van der Waals surface area contributed by atoms with Gasteiger partial charge in [0.15, 0.2) is 0 Å². The first-order chi connectivity index (χ1) is 12.9. The third kappa shape index (κ3) is 4.17. The van der Waals surface area contributed by atoms with Crippen LogP contribution in [0.3, 0.4) is 0 Å².